The Labute approximate surface area is 107 Å². The third-order valence-electron chi connectivity index (χ3n) is 2.21. The van der Waals surface area contributed by atoms with Crippen LogP contribution in [0.15, 0.2) is 18.2 Å². The van der Waals surface area contributed by atoms with Crippen molar-refractivity contribution >= 4 is 29.0 Å². The number of tetrazole rings is 1. The molecule has 0 aliphatic heterocycles. The van der Waals surface area contributed by atoms with Crippen LogP contribution < -0.4 is 0 Å². The number of aryl methyl sites for hydroxylation is 1. The molecule has 1 aromatic heterocycles. The summed E-state index contributed by atoms with van der Waals surface area (Å²) in [6, 6.07) is 4.81. The average molecular weight is 271 g/mol. The molecule has 0 fully saturated rings. The van der Waals surface area contributed by atoms with Crippen LogP contribution in [0, 0.1) is 0 Å². The van der Waals surface area contributed by atoms with Crippen molar-refractivity contribution in [1.82, 2.24) is 20.6 Å². The molecule has 17 heavy (non-hydrogen) atoms. The monoisotopic (exact) mass is 270 g/mol. The van der Waals surface area contributed by atoms with Crippen LogP contribution in [-0.2, 0) is 6.42 Å². The van der Waals surface area contributed by atoms with Gasteiger partial charge in [0.2, 0.25) is 0 Å². The second-order valence-corrected chi connectivity index (χ2v) is 4.19. The molecule has 7 heteroatoms. The number of aromatic amines is 1. The van der Waals surface area contributed by atoms with Crippen LogP contribution in [-0.4, -0.2) is 26.4 Å². The van der Waals surface area contributed by atoms with Gasteiger partial charge >= 0.3 is 0 Å². The molecule has 88 valence electrons. The van der Waals surface area contributed by atoms with Crippen molar-refractivity contribution in [3.63, 3.8) is 0 Å². The smallest absolute Gasteiger partial charge is 0.175 e. The molecule has 0 aliphatic carbocycles. The topological polar surface area (TPSA) is 71.5 Å². The van der Waals surface area contributed by atoms with Gasteiger partial charge in [0.25, 0.3) is 0 Å². The van der Waals surface area contributed by atoms with E-state index in [-0.39, 0.29) is 5.78 Å². The fourth-order valence-electron chi connectivity index (χ4n) is 1.33. The lowest BCUT2D eigenvalue weighted by atomic mass is 10.1. The largest absolute Gasteiger partial charge is 0.294 e. The van der Waals surface area contributed by atoms with Crippen molar-refractivity contribution in [1.29, 1.82) is 0 Å². The van der Waals surface area contributed by atoms with Gasteiger partial charge in [0, 0.05) is 18.4 Å². The Morgan fingerprint density at radius 1 is 1.29 bits per heavy atom. The van der Waals surface area contributed by atoms with Crippen LogP contribution in [0.2, 0.25) is 10.0 Å². The zero-order valence-corrected chi connectivity index (χ0v) is 10.2. The molecule has 1 N–H and O–H groups in total. The Morgan fingerprint density at radius 3 is 2.76 bits per heavy atom. The standard InChI is InChI=1S/C10H8Cl2N4O/c11-7-2-1-6(5-8(7)12)9(17)3-4-10-13-15-16-14-10/h1-2,5H,3-4H2,(H,13,14,15,16). The number of carbonyl (C=O) groups excluding carboxylic acids is 1. The molecule has 0 spiro atoms. The fraction of sp³-hybridized carbons (Fsp3) is 0.200. The van der Waals surface area contributed by atoms with Crippen molar-refractivity contribution in [3.8, 4) is 0 Å². The summed E-state index contributed by atoms with van der Waals surface area (Å²) in [4.78, 5) is 11.8. The molecule has 2 rings (SSSR count). The number of hydrogen-bond acceptors (Lipinski definition) is 4. The number of carbonyl (C=O) groups is 1. The first-order chi connectivity index (χ1) is 8.16. The first-order valence-electron chi connectivity index (χ1n) is 4.87. The van der Waals surface area contributed by atoms with E-state index in [1.807, 2.05) is 0 Å². The van der Waals surface area contributed by atoms with E-state index in [1.165, 1.54) is 0 Å². The van der Waals surface area contributed by atoms with Crippen LogP contribution in [0.4, 0.5) is 0 Å². The third kappa shape index (κ3) is 3.01. The Balaban J connectivity index is 2.02. The zero-order chi connectivity index (χ0) is 12.3. The Morgan fingerprint density at radius 2 is 2.12 bits per heavy atom. The second kappa shape index (κ2) is 5.25. The number of hydrogen-bond donors (Lipinski definition) is 1. The molecule has 0 bridgehead atoms. The SMILES string of the molecule is O=C(CCc1nn[nH]n1)c1ccc(Cl)c(Cl)c1. The van der Waals surface area contributed by atoms with Gasteiger partial charge in [-0.2, -0.15) is 5.21 Å². The maximum Gasteiger partial charge on any atom is 0.175 e. The van der Waals surface area contributed by atoms with Gasteiger partial charge < -0.3 is 0 Å². The zero-order valence-electron chi connectivity index (χ0n) is 8.65. The molecule has 0 saturated carbocycles. The van der Waals surface area contributed by atoms with E-state index < -0.39 is 0 Å². The van der Waals surface area contributed by atoms with Gasteiger partial charge in [0.15, 0.2) is 11.6 Å². The summed E-state index contributed by atoms with van der Waals surface area (Å²) in [5, 5.41) is 14.1. The van der Waals surface area contributed by atoms with Crippen molar-refractivity contribution in [2.45, 2.75) is 12.8 Å². The Hall–Kier alpha value is -1.46. The molecule has 0 unspecified atom stereocenters. The van der Waals surface area contributed by atoms with Crippen LogP contribution in [0.5, 0.6) is 0 Å². The molecule has 0 radical (unpaired) electrons. The predicted octanol–water partition coefficient (Wildman–Crippen LogP) is 2.32. The summed E-state index contributed by atoms with van der Waals surface area (Å²) in [5.74, 6) is 0.478. The van der Waals surface area contributed by atoms with Crippen molar-refractivity contribution < 1.29 is 4.79 Å². The fourth-order valence-corrected chi connectivity index (χ4v) is 1.63. The molecule has 1 heterocycles. The minimum atomic E-state index is -0.0339. The molecular formula is C10H8Cl2N4O. The highest BCUT2D eigenvalue weighted by atomic mass is 35.5. The lowest BCUT2D eigenvalue weighted by molar-refractivity contribution is 0.0982. The van der Waals surface area contributed by atoms with Gasteiger partial charge in [0.1, 0.15) is 0 Å². The molecule has 0 amide bonds. The number of H-pyrrole nitrogens is 1. The normalized spacial score (nSPS) is 10.5. The molecular weight excluding hydrogens is 263 g/mol. The van der Waals surface area contributed by atoms with Crippen LogP contribution in [0.1, 0.15) is 22.6 Å². The highest BCUT2D eigenvalue weighted by molar-refractivity contribution is 6.42. The minimum absolute atomic E-state index is 0.0339. The van der Waals surface area contributed by atoms with Gasteiger partial charge in [-0.05, 0) is 18.2 Å². The average Bonchev–Trinajstić information content (AvgIpc) is 2.82. The molecule has 2 aromatic rings. The van der Waals surface area contributed by atoms with Gasteiger partial charge in [-0.1, -0.05) is 28.4 Å². The number of rotatable bonds is 4. The van der Waals surface area contributed by atoms with Crippen LogP contribution >= 0.6 is 23.2 Å². The summed E-state index contributed by atoms with van der Waals surface area (Å²) in [7, 11) is 0. The lowest BCUT2D eigenvalue weighted by Gasteiger charge is -2.01. The number of benzene rings is 1. The van der Waals surface area contributed by atoms with Crippen LogP contribution in [0.25, 0.3) is 0 Å². The first-order valence-corrected chi connectivity index (χ1v) is 5.63. The number of aromatic nitrogens is 4. The van der Waals surface area contributed by atoms with Crippen molar-refractivity contribution in [2.24, 2.45) is 0 Å². The highest BCUT2D eigenvalue weighted by Crippen LogP contribution is 2.23. The maximum atomic E-state index is 11.8. The summed E-state index contributed by atoms with van der Waals surface area (Å²) < 4.78 is 0. The number of nitrogens with one attached hydrogen (secondary N) is 1. The van der Waals surface area contributed by atoms with Gasteiger partial charge in [-0.25, -0.2) is 0 Å². The van der Waals surface area contributed by atoms with Gasteiger partial charge in [-0.3, -0.25) is 4.79 Å². The lowest BCUT2D eigenvalue weighted by Crippen LogP contribution is -2.02. The van der Waals surface area contributed by atoms with Crippen LogP contribution in [0.3, 0.4) is 0 Å². The van der Waals surface area contributed by atoms with E-state index in [0.717, 1.165) is 0 Å². The number of nitrogens with zero attached hydrogens (tertiary/aromatic N) is 3. The molecule has 0 aliphatic rings. The number of halogens is 2. The van der Waals surface area contributed by atoms with E-state index in [0.29, 0.717) is 34.3 Å². The van der Waals surface area contributed by atoms with E-state index in [4.69, 9.17) is 23.2 Å². The molecule has 0 atom stereocenters. The Bertz CT molecular complexity index is 527. The van der Waals surface area contributed by atoms with E-state index >= 15 is 0 Å². The number of Topliss-reactive ketones (excluding diaryl/α,β-unsaturated/α-hetero) is 1. The van der Waals surface area contributed by atoms with Crippen molar-refractivity contribution in [3.05, 3.63) is 39.6 Å². The summed E-state index contributed by atoms with van der Waals surface area (Å²) >= 11 is 11.6. The third-order valence-corrected chi connectivity index (χ3v) is 2.95. The second-order valence-electron chi connectivity index (χ2n) is 3.38. The Kier molecular flexibility index (Phi) is 3.71. The summed E-state index contributed by atoms with van der Waals surface area (Å²) in [6.07, 6.45) is 0.743. The minimum Gasteiger partial charge on any atom is -0.294 e. The molecule has 5 nitrogen and oxygen atoms in total. The highest BCUT2D eigenvalue weighted by Gasteiger charge is 2.09. The predicted molar refractivity (Wildman–Crippen MR) is 63.3 cm³/mol. The van der Waals surface area contributed by atoms with E-state index in [9.17, 15) is 4.79 Å². The van der Waals surface area contributed by atoms with Gasteiger partial charge in [-0.15, -0.1) is 10.2 Å². The van der Waals surface area contributed by atoms with Gasteiger partial charge in [0.05, 0.1) is 10.0 Å². The summed E-state index contributed by atoms with van der Waals surface area (Å²) in [5.41, 5.74) is 0.530. The molecule has 1 aromatic carbocycles. The van der Waals surface area contributed by atoms with E-state index in [1.54, 1.807) is 18.2 Å². The maximum absolute atomic E-state index is 11.8. The first kappa shape index (κ1) is 12.0. The number of ketones is 1. The molecule has 0 saturated heterocycles. The van der Waals surface area contributed by atoms with Crippen molar-refractivity contribution in [2.75, 3.05) is 0 Å². The van der Waals surface area contributed by atoms with E-state index in [2.05, 4.69) is 20.6 Å². The summed E-state index contributed by atoms with van der Waals surface area (Å²) in [6.45, 7) is 0. The quantitative estimate of drug-likeness (QED) is 0.866.